The van der Waals surface area contributed by atoms with E-state index >= 15 is 0 Å². The highest BCUT2D eigenvalue weighted by Gasteiger charge is 2.28. The summed E-state index contributed by atoms with van der Waals surface area (Å²) in [7, 11) is 2.13. The van der Waals surface area contributed by atoms with Crippen molar-refractivity contribution >= 4 is 5.91 Å². The summed E-state index contributed by atoms with van der Waals surface area (Å²) in [6.45, 7) is 8.85. The zero-order chi connectivity index (χ0) is 12.2. The minimum Gasteiger partial charge on any atom is -0.352 e. The quantitative estimate of drug-likeness (QED) is 0.738. The van der Waals surface area contributed by atoms with Gasteiger partial charge >= 0.3 is 0 Å². The minimum absolute atomic E-state index is 0.115. The van der Waals surface area contributed by atoms with Gasteiger partial charge in [0.2, 0.25) is 5.91 Å². The van der Waals surface area contributed by atoms with Crippen LogP contribution in [0.25, 0.3) is 0 Å². The molecule has 0 aliphatic carbocycles. The van der Waals surface area contributed by atoms with Crippen molar-refractivity contribution in [2.45, 2.75) is 45.2 Å². The molecule has 1 saturated heterocycles. The van der Waals surface area contributed by atoms with Crippen LogP contribution in [0.15, 0.2) is 0 Å². The Labute approximate surface area is 98.8 Å². The van der Waals surface area contributed by atoms with Gasteiger partial charge in [-0.25, -0.2) is 0 Å². The summed E-state index contributed by atoms with van der Waals surface area (Å²) in [5.41, 5.74) is -0.460. The van der Waals surface area contributed by atoms with E-state index in [0.717, 1.165) is 32.5 Å². The molecule has 4 nitrogen and oxygen atoms in total. The SMILES string of the molecule is CCNC(C)(C)C(=O)NC1CCN(C)CC1. The lowest BCUT2D eigenvalue weighted by Crippen LogP contribution is -2.56. The van der Waals surface area contributed by atoms with Gasteiger partial charge in [-0.05, 0) is 53.4 Å². The fourth-order valence-corrected chi connectivity index (χ4v) is 2.04. The number of carbonyl (C=O) groups is 1. The van der Waals surface area contributed by atoms with Gasteiger partial charge in [0.1, 0.15) is 0 Å². The fourth-order valence-electron chi connectivity index (χ4n) is 2.04. The van der Waals surface area contributed by atoms with Crippen molar-refractivity contribution in [2.75, 3.05) is 26.7 Å². The van der Waals surface area contributed by atoms with Crippen molar-refractivity contribution in [3.63, 3.8) is 0 Å². The highest BCUT2D eigenvalue weighted by molar-refractivity contribution is 5.85. The molecule has 1 aliphatic heterocycles. The normalized spacial score (nSPS) is 19.8. The number of hydrogen-bond acceptors (Lipinski definition) is 3. The van der Waals surface area contributed by atoms with E-state index < -0.39 is 5.54 Å². The maximum Gasteiger partial charge on any atom is 0.239 e. The highest BCUT2D eigenvalue weighted by Crippen LogP contribution is 2.10. The van der Waals surface area contributed by atoms with Crippen LogP contribution in [0.5, 0.6) is 0 Å². The first-order chi connectivity index (χ1) is 7.45. The molecule has 1 fully saturated rings. The highest BCUT2D eigenvalue weighted by atomic mass is 16.2. The maximum atomic E-state index is 12.0. The van der Waals surface area contributed by atoms with Crippen LogP contribution in [0.2, 0.25) is 0 Å². The van der Waals surface area contributed by atoms with Crippen LogP contribution < -0.4 is 10.6 Å². The van der Waals surface area contributed by atoms with Crippen LogP contribution in [-0.2, 0) is 4.79 Å². The Hall–Kier alpha value is -0.610. The van der Waals surface area contributed by atoms with E-state index in [1.54, 1.807) is 0 Å². The van der Waals surface area contributed by atoms with Gasteiger partial charge in [-0.2, -0.15) is 0 Å². The first kappa shape index (κ1) is 13.5. The van der Waals surface area contributed by atoms with E-state index in [1.807, 2.05) is 20.8 Å². The number of amides is 1. The summed E-state index contributed by atoms with van der Waals surface area (Å²) in [5.74, 6) is 0.115. The summed E-state index contributed by atoms with van der Waals surface area (Å²) in [5, 5.41) is 6.33. The van der Waals surface area contributed by atoms with Crippen molar-refractivity contribution < 1.29 is 4.79 Å². The summed E-state index contributed by atoms with van der Waals surface area (Å²) < 4.78 is 0. The standard InChI is InChI=1S/C12H25N3O/c1-5-13-12(2,3)11(16)14-10-6-8-15(4)9-7-10/h10,13H,5-9H2,1-4H3,(H,14,16). The van der Waals surface area contributed by atoms with Gasteiger partial charge in [0, 0.05) is 6.04 Å². The van der Waals surface area contributed by atoms with Gasteiger partial charge < -0.3 is 15.5 Å². The van der Waals surface area contributed by atoms with Crippen LogP contribution in [0.4, 0.5) is 0 Å². The van der Waals surface area contributed by atoms with Crippen LogP contribution in [0.1, 0.15) is 33.6 Å². The van der Waals surface area contributed by atoms with E-state index in [9.17, 15) is 4.79 Å². The second kappa shape index (κ2) is 5.64. The zero-order valence-electron chi connectivity index (χ0n) is 11.0. The Morgan fingerprint density at radius 3 is 2.44 bits per heavy atom. The van der Waals surface area contributed by atoms with E-state index in [4.69, 9.17) is 0 Å². The molecule has 0 spiro atoms. The maximum absolute atomic E-state index is 12.0. The lowest BCUT2D eigenvalue weighted by molar-refractivity contribution is -0.127. The molecule has 0 aromatic rings. The van der Waals surface area contributed by atoms with Gasteiger partial charge in [0.25, 0.3) is 0 Å². The third-order valence-corrected chi connectivity index (χ3v) is 3.24. The molecule has 1 rings (SSSR count). The van der Waals surface area contributed by atoms with Crippen LogP contribution in [-0.4, -0.2) is 49.1 Å². The van der Waals surface area contributed by atoms with Crippen molar-refractivity contribution in [1.29, 1.82) is 0 Å². The Morgan fingerprint density at radius 2 is 1.94 bits per heavy atom. The zero-order valence-corrected chi connectivity index (χ0v) is 11.0. The van der Waals surface area contributed by atoms with Crippen molar-refractivity contribution in [1.82, 2.24) is 15.5 Å². The lowest BCUT2D eigenvalue weighted by Gasteiger charge is -2.32. The summed E-state index contributed by atoms with van der Waals surface area (Å²) in [6, 6.07) is 0.349. The van der Waals surface area contributed by atoms with Gasteiger partial charge in [-0.3, -0.25) is 4.79 Å². The molecule has 0 aromatic carbocycles. The van der Waals surface area contributed by atoms with E-state index in [-0.39, 0.29) is 5.91 Å². The second-order valence-corrected chi connectivity index (χ2v) is 5.21. The third-order valence-electron chi connectivity index (χ3n) is 3.24. The number of likely N-dealkylation sites (tertiary alicyclic amines) is 1. The van der Waals surface area contributed by atoms with Gasteiger partial charge in [-0.1, -0.05) is 6.92 Å². The molecular weight excluding hydrogens is 202 g/mol. The number of nitrogens with one attached hydrogen (secondary N) is 2. The average Bonchev–Trinajstić information content (AvgIpc) is 2.21. The molecule has 2 N–H and O–H groups in total. The molecule has 0 bridgehead atoms. The predicted octanol–water partition coefficient (Wildman–Crippen LogP) is 0.585. The molecule has 0 saturated carbocycles. The molecule has 1 aliphatic rings. The number of likely N-dealkylation sites (N-methyl/N-ethyl adjacent to an activating group) is 1. The van der Waals surface area contributed by atoms with Crippen LogP contribution >= 0.6 is 0 Å². The predicted molar refractivity (Wildman–Crippen MR) is 66.4 cm³/mol. The monoisotopic (exact) mass is 227 g/mol. The molecular formula is C12H25N3O. The number of carbonyl (C=O) groups excluding carboxylic acids is 1. The number of nitrogens with zero attached hydrogens (tertiary/aromatic N) is 1. The molecule has 0 radical (unpaired) electrons. The van der Waals surface area contributed by atoms with Crippen molar-refractivity contribution in [3.8, 4) is 0 Å². The largest absolute Gasteiger partial charge is 0.352 e. The molecule has 4 heteroatoms. The summed E-state index contributed by atoms with van der Waals surface area (Å²) >= 11 is 0. The third kappa shape index (κ3) is 3.76. The van der Waals surface area contributed by atoms with Gasteiger partial charge in [0.05, 0.1) is 5.54 Å². The number of rotatable bonds is 4. The number of piperidine rings is 1. The Balaban J connectivity index is 2.39. The Morgan fingerprint density at radius 1 is 1.38 bits per heavy atom. The van der Waals surface area contributed by atoms with Crippen molar-refractivity contribution in [3.05, 3.63) is 0 Å². The molecule has 1 amide bonds. The lowest BCUT2D eigenvalue weighted by atomic mass is 10.0. The molecule has 0 unspecified atom stereocenters. The van der Waals surface area contributed by atoms with E-state index in [2.05, 4.69) is 22.6 Å². The first-order valence-corrected chi connectivity index (χ1v) is 6.20. The molecule has 94 valence electrons. The topological polar surface area (TPSA) is 44.4 Å². The fraction of sp³-hybridized carbons (Fsp3) is 0.917. The van der Waals surface area contributed by atoms with Crippen LogP contribution in [0.3, 0.4) is 0 Å². The average molecular weight is 227 g/mol. The molecule has 0 atom stereocenters. The number of hydrogen-bond donors (Lipinski definition) is 2. The summed E-state index contributed by atoms with van der Waals surface area (Å²) in [4.78, 5) is 14.3. The minimum atomic E-state index is -0.460. The summed E-state index contributed by atoms with van der Waals surface area (Å²) in [6.07, 6.45) is 2.12. The van der Waals surface area contributed by atoms with Crippen molar-refractivity contribution in [2.24, 2.45) is 0 Å². The second-order valence-electron chi connectivity index (χ2n) is 5.21. The van der Waals surface area contributed by atoms with E-state index in [0.29, 0.717) is 6.04 Å². The smallest absolute Gasteiger partial charge is 0.239 e. The molecule has 1 heterocycles. The molecule has 16 heavy (non-hydrogen) atoms. The van der Waals surface area contributed by atoms with Gasteiger partial charge in [0.15, 0.2) is 0 Å². The Kier molecular flexibility index (Phi) is 4.74. The molecule has 0 aromatic heterocycles. The van der Waals surface area contributed by atoms with Crippen LogP contribution in [0, 0.1) is 0 Å². The van der Waals surface area contributed by atoms with Gasteiger partial charge in [-0.15, -0.1) is 0 Å². The van der Waals surface area contributed by atoms with E-state index in [1.165, 1.54) is 0 Å². The Bertz CT molecular complexity index is 232. The first-order valence-electron chi connectivity index (χ1n) is 6.20.